The summed E-state index contributed by atoms with van der Waals surface area (Å²) in [5.74, 6) is -0.129. The fourth-order valence-corrected chi connectivity index (χ4v) is 1.82. The molecule has 0 aliphatic heterocycles. The summed E-state index contributed by atoms with van der Waals surface area (Å²) < 4.78 is 0. The average molecular weight is 244 g/mol. The van der Waals surface area contributed by atoms with Crippen molar-refractivity contribution in [3.8, 4) is 0 Å². The van der Waals surface area contributed by atoms with E-state index in [1.165, 1.54) is 11.0 Å². The third-order valence-corrected chi connectivity index (χ3v) is 2.69. The van der Waals surface area contributed by atoms with Crippen LogP contribution in [0.1, 0.15) is 23.0 Å². The molecule has 0 aliphatic rings. The van der Waals surface area contributed by atoms with Crippen molar-refractivity contribution in [2.24, 2.45) is 7.05 Å². The topological polar surface area (TPSA) is 51.0 Å². The van der Waals surface area contributed by atoms with Gasteiger partial charge in [0.05, 0.1) is 6.20 Å². The molecule has 18 heavy (non-hydrogen) atoms. The lowest BCUT2D eigenvalue weighted by Gasteiger charge is -2.20. The van der Waals surface area contributed by atoms with Crippen LogP contribution >= 0.6 is 0 Å². The summed E-state index contributed by atoms with van der Waals surface area (Å²) in [6, 6.07) is 7.85. The molecule has 0 atom stereocenters. The van der Waals surface area contributed by atoms with Crippen LogP contribution in [0.15, 0.2) is 30.5 Å². The van der Waals surface area contributed by atoms with Crippen LogP contribution in [0.25, 0.3) is 0 Å². The van der Waals surface area contributed by atoms with Gasteiger partial charge in [-0.1, -0.05) is 12.1 Å². The highest BCUT2D eigenvalue weighted by atomic mass is 16.2. The molecule has 0 saturated carbocycles. The second kappa shape index (κ2) is 5.00. The molecule has 1 aromatic heterocycles. The molecule has 0 fully saturated rings. The van der Waals surface area contributed by atoms with Gasteiger partial charge in [-0.05, 0) is 31.5 Å². The molecule has 1 aromatic carbocycles. The molecule has 0 spiro atoms. The maximum Gasteiger partial charge on any atom is 0.280 e. The van der Waals surface area contributed by atoms with E-state index in [0.717, 1.165) is 11.3 Å². The molecule has 0 saturated heterocycles. The molecule has 0 bridgehead atoms. The molecule has 2 rings (SSSR count). The Balaban J connectivity index is 2.31. The highest BCUT2D eigenvalue weighted by molar-refractivity contribution is 6.04. The summed E-state index contributed by atoms with van der Waals surface area (Å²) in [7, 11) is 1.69. The highest BCUT2D eigenvalue weighted by Gasteiger charge is 2.18. The van der Waals surface area contributed by atoms with Crippen molar-refractivity contribution in [1.29, 1.82) is 0 Å². The first-order valence-corrected chi connectivity index (χ1v) is 5.86. The van der Waals surface area contributed by atoms with E-state index in [1.54, 1.807) is 11.9 Å². The van der Waals surface area contributed by atoms with Crippen molar-refractivity contribution in [1.82, 2.24) is 15.0 Å². The number of carbonyl (C=O) groups is 1. The van der Waals surface area contributed by atoms with Crippen molar-refractivity contribution in [3.63, 3.8) is 0 Å². The SMILES string of the molecule is CCN(C(=O)c1cnn(C)n1)c1cccc(C)c1. The van der Waals surface area contributed by atoms with E-state index in [9.17, 15) is 4.79 Å². The van der Waals surface area contributed by atoms with Crippen LogP contribution in [0.2, 0.25) is 0 Å². The van der Waals surface area contributed by atoms with Crippen molar-refractivity contribution < 1.29 is 4.79 Å². The average Bonchev–Trinajstić information content (AvgIpc) is 2.77. The first-order valence-electron chi connectivity index (χ1n) is 5.86. The molecule has 1 amide bonds. The van der Waals surface area contributed by atoms with Crippen LogP contribution in [0, 0.1) is 6.92 Å². The Hall–Kier alpha value is -2.17. The smallest absolute Gasteiger partial charge is 0.280 e. The molecule has 1 heterocycles. The molecule has 2 aromatic rings. The number of benzene rings is 1. The number of hydrogen-bond acceptors (Lipinski definition) is 3. The third-order valence-electron chi connectivity index (χ3n) is 2.69. The van der Waals surface area contributed by atoms with E-state index < -0.39 is 0 Å². The molecule has 5 nitrogen and oxygen atoms in total. The number of nitrogens with zero attached hydrogens (tertiary/aromatic N) is 4. The Bertz CT molecular complexity index is 562. The monoisotopic (exact) mass is 244 g/mol. The van der Waals surface area contributed by atoms with Gasteiger partial charge in [0.25, 0.3) is 5.91 Å². The predicted octanol–water partition coefficient (Wildman–Crippen LogP) is 1.79. The second-order valence-corrected chi connectivity index (χ2v) is 4.11. The quantitative estimate of drug-likeness (QED) is 0.827. The van der Waals surface area contributed by atoms with Gasteiger partial charge in [0.1, 0.15) is 0 Å². The van der Waals surface area contributed by atoms with Crippen LogP contribution in [-0.4, -0.2) is 27.4 Å². The Morgan fingerprint density at radius 1 is 1.44 bits per heavy atom. The van der Waals surface area contributed by atoms with E-state index in [-0.39, 0.29) is 5.91 Å². The van der Waals surface area contributed by atoms with E-state index in [2.05, 4.69) is 10.2 Å². The van der Waals surface area contributed by atoms with Crippen LogP contribution in [0.5, 0.6) is 0 Å². The lowest BCUT2D eigenvalue weighted by Crippen LogP contribution is -2.31. The number of hydrogen-bond donors (Lipinski definition) is 0. The summed E-state index contributed by atoms with van der Waals surface area (Å²) in [6.45, 7) is 4.54. The Labute approximate surface area is 106 Å². The number of rotatable bonds is 3. The van der Waals surface area contributed by atoms with E-state index in [0.29, 0.717) is 12.2 Å². The largest absolute Gasteiger partial charge is 0.307 e. The first kappa shape index (κ1) is 12.3. The Morgan fingerprint density at radius 2 is 2.22 bits per heavy atom. The third kappa shape index (κ3) is 2.40. The molecule has 0 N–H and O–H groups in total. The molecule has 94 valence electrons. The minimum atomic E-state index is -0.129. The standard InChI is InChI=1S/C13H16N4O/c1-4-17(11-7-5-6-10(2)8-11)13(18)12-9-14-16(3)15-12/h5-9H,4H2,1-3H3. The Morgan fingerprint density at radius 3 is 2.78 bits per heavy atom. The van der Waals surface area contributed by atoms with Gasteiger partial charge >= 0.3 is 0 Å². The van der Waals surface area contributed by atoms with Crippen molar-refractivity contribution >= 4 is 11.6 Å². The van der Waals surface area contributed by atoms with Gasteiger partial charge in [0.15, 0.2) is 5.69 Å². The summed E-state index contributed by atoms with van der Waals surface area (Å²) in [6.07, 6.45) is 1.49. The fraction of sp³-hybridized carbons (Fsp3) is 0.308. The van der Waals surface area contributed by atoms with Crippen LogP contribution in [0.4, 0.5) is 5.69 Å². The van der Waals surface area contributed by atoms with E-state index in [1.807, 2.05) is 38.1 Å². The molecule has 5 heteroatoms. The zero-order chi connectivity index (χ0) is 13.1. The summed E-state index contributed by atoms with van der Waals surface area (Å²) in [4.78, 5) is 15.4. The van der Waals surface area contributed by atoms with E-state index in [4.69, 9.17) is 0 Å². The van der Waals surface area contributed by atoms with Gasteiger partial charge < -0.3 is 4.90 Å². The van der Waals surface area contributed by atoms with E-state index >= 15 is 0 Å². The zero-order valence-electron chi connectivity index (χ0n) is 10.8. The summed E-state index contributed by atoms with van der Waals surface area (Å²) in [5, 5.41) is 7.97. The second-order valence-electron chi connectivity index (χ2n) is 4.11. The molecule has 0 unspecified atom stereocenters. The van der Waals surface area contributed by atoms with Crippen LogP contribution in [-0.2, 0) is 7.05 Å². The minimum Gasteiger partial charge on any atom is -0.307 e. The molecule has 0 aliphatic carbocycles. The predicted molar refractivity (Wildman–Crippen MR) is 69.5 cm³/mol. The first-order chi connectivity index (χ1) is 8.61. The number of aryl methyl sites for hydroxylation is 2. The highest BCUT2D eigenvalue weighted by Crippen LogP contribution is 2.17. The number of carbonyl (C=O) groups excluding carboxylic acids is 1. The normalized spacial score (nSPS) is 10.4. The van der Waals surface area contributed by atoms with Gasteiger partial charge in [-0.3, -0.25) is 4.79 Å². The Kier molecular flexibility index (Phi) is 3.41. The van der Waals surface area contributed by atoms with Crippen molar-refractivity contribution in [3.05, 3.63) is 41.7 Å². The molecule has 0 radical (unpaired) electrons. The molecular formula is C13H16N4O. The zero-order valence-corrected chi connectivity index (χ0v) is 10.8. The van der Waals surface area contributed by atoms with Gasteiger partial charge in [0.2, 0.25) is 0 Å². The molecular weight excluding hydrogens is 228 g/mol. The van der Waals surface area contributed by atoms with Gasteiger partial charge in [-0.15, -0.1) is 5.10 Å². The van der Waals surface area contributed by atoms with Crippen molar-refractivity contribution in [2.75, 3.05) is 11.4 Å². The van der Waals surface area contributed by atoms with Gasteiger partial charge in [-0.2, -0.15) is 9.90 Å². The van der Waals surface area contributed by atoms with Crippen molar-refractivity contribution in [2.45, 2.75) is 13.8 Å². The van der Waals surface area contributed by atoms with Crippen LogP contribution < -0.4 is 4.90 Å². The lowest BCUT2D eigenvalue weighted by atomic mass is 10.2. The maximum atomic E-state index is 12.3. The number of anilines is 1. The minimum absolute atomic E-state index is 0.129. The summed E-state index contributed by atoms with van der Waals surface area (Å²) >= 11 is 0. The van der Waals surface area contributed by atoms with Gasteiger partial charge in [0, 0.05) is 19.3 Å². The number of aromatic nitrogens is 3. The summed E-state index contributed by atoms with van der Waals surface area (Å²) in [5.41, 5.74) is 2.37. The lowest BCUT2D eigenvalue weighted by molar-refractivity contribution is 0.0983. The fourth-order valence-electron chi connectivity index (χ4n) is 1.82. The van der Waals surface area contributed by atoms with Crippen LogP contribution in [0.3, 0.4) is 0 Å². The number of amides is 1. The van der Waals surface area contributed by atoms with Gasteiger partial charge in [-0.25, -0.2) is 0 Å². The maximum absolute atomic E-state index is 12.3.